The van der Waals surface area contributed by atoms with Crippen LogP contribution >= 0.6 is 11.3 Å². The van der Waals surface area contributed by atoms with Crippen molar-refractivity contribution in [2.24, 2.45) is 0 Å². The standard InChI is InChI=1S/C15H17NO2S/c1-11-13-7-10-19-14(13)6-8-16(11)15(17)5-4-12-3-2-9-18-12/h2-3,7,9-11H,4-6,8H2,1H3. The maximum Gasteiger partial charge on any atom is 0.223 e. The van der Waals surface area contributed by atoms with Gasteiger partial charge in [0, 0.05) is 24.3 Å². The third kappa shape index (κ3) is 2.45. The average Bonchev–Trinajstić information content (AvgIpc) is 3.07. The molecule has 0 radical (unpaired) electrons. The number of amides is 1. The molecule has 1 amide bonds. The summed E-state index contributed by atoms with van der Waals surface area (Å²) in [6.07, 6.45) is 3.85. The molecule has 1 atom stereocenters. The smallest absolute Gasteiger partial charge is 0.223 e. The molecule has 3 nitrogen and oxygen atoms in total. The van der Waals surface area contributed by atoms with Crippen LogP contribution in [0.5, 0.6) is 0 Å². The number of nitrogens with zero attached hydrogens (tertiary/aromatic N) is 1. The lowest BCUT2D eigenvalue weighted by Crippen LogP contribution is -2.38. The molecular weight excluding hydrogens is 258 g/mol. The van der Waals surface area contributed by atoms with E-state index in [1.54, 1.807) is 17.6 Å². The summed E-state index contributed by atoms with van der Waals surface area (Å²) in [6.45, 7) is 2.96. The highest BCUT2D eigenvalue weighted by atomic mass is 32.1. The van der Waals surface area contributed by atoms with Crippen LogP contribution in [-0.4, -0.2) is 17.4 Å². The van der Waals surface area contributed by atoms with E-state index in [1.165, 1.54) is 10.4 Å². The van der Waals surface area contributed by atoms with Gasteiger partial charge in [-0.2, -0.15) is 0 Å². The number of rotatable bonds is 3. The number of carbonyl (C=O) groups excluding carboxylic acids is 1. The van der Waals surface area contributed by atoms with Gasteiger partial charge in [-0.15, -0.1) is 11.3 Å². The molecule has 0 saturated heterocycles. The molecule has 0 aromatic carbocycles. The number of hydrogen-bond donors (Lipinski definition) is 0. The Balaban J connectivity index is 1.65. The van der Waals surface area contributed by atoms with Crippen molar-refractivity contribution in [3.05, 3.63) is 46.0 Å². The van der Waals surface area contributed by atoms with Gasteiger partial charge in [-0.05, 0) is 42.5 Å². The van der Waals surface area contributed by atoms with Crippen molar-refractivity contribution in [3.8, 4) is 0 Å². The molecule has 0 aliphatic carbocycles. The van der Waals surface area contributed by atoms with Gasteiger partial charge in [-0.1, -0.05) is 0 Å². The Bertz CT molecular complexity index is 558. The van der Waals surface area contributed by atoms with E-state index in [2.05, 4.69) is 18.4 Å². The zero-order valence-corrected chi connectivity index (χ0v) is 11.8. The number of carbonyl (C=O) groups is 1. The van der Waals surface area contributed by atoms with Crippen molar-refractivity contribution < 1.29 is 9.21 Å². The summed E-state index contributed by atoms with van der Waals surface area (Å²) < 4.78 is 5.27. The first-order valence-corrected chi connectivity index (χ1v) is 7.52. The number of aryl methyl sites for hydroxylation is 1. The van der Waals surface area contributed by atoms with Crippen LogP contribution in [0.25, 0.3) is 0 Å². The summed E-state index contributed by atoms with van der Waals surface area (Å²) in [7, 11) is 0. The molecule has 100 valence electrons. The van der Waals surface area contributed by atoms with Gasteiger partial charge in [0.25, 0.3) is 0 Å². The van der Waals surface area contributed by atoms with E-state index in [9.17, 15) is 4.79 Å². The van der Waals surface area contributed by atoms with E-state index >= 15 is 0 Å². The van der Waals surface area contributed by atoms with Crippen LogP contribution in [0.15, 0.2) is 34.3 Å². The van der Waals surface area contributed by atoms with Crippen LogP contribution < -0.4 is 0 Å². The molecular formula is C15H17NO2S. The predicted molar refractivity (Wildman–Crippen MR) is 75.2 cm³/mol. The molecule has 0 saturated carbocycles. The molecule has 0 spiro atoms. The van der Waals surface area contributed by atoms with Gasteiger partial charge in [0.05, 0.1) is 12.3 Å². The Morgan fingerprint density at radius 3 is 3.21 bits per heavy atom. The Kier molecular flexibility index (Phi) is 3.42. The van der Waals surface area contributed by atoms with Gasteiger partial charge in [-0.25, -0.2) is 0 Å². The number of fused-ring (bicyclic) bond motifs is 1. The Morgan fingerprint density at radius 1 is 1.53 bits per heavy atom. The molecule has 1 unspecified atom stereocenters. The normalized spacial score (nSPS) is 18.4. The first-order chi connectivity index (χ1) is 9.25. The third-order valence-corrected chi connectivity index (χ3v) is 4.76. The van der Waals surface area contributed by atoms with E-state index in [-0.39, 0.29) is 11.9 Å². The second-order valence-corrected chi connectivity index (χ2v) is 5.89. The van der Waals surface area contributed by atoms with Gasteiger partial charge in [0.15, 0.2) is 0 Å². The van der Waals surface area contributed by atoms with Gasteiger partial charge in [0.2, 0.25) is 5.91 Å². The highest BCUT2D eigenvalue weighted by molar-refractivity contribution is 7.10. The van der Waals surface area contributed by atoms with E-state index < -0.39 is 0 Å². The zero-order valence-electron chi connectivity index (χ0n) is 11.0. The molecule has 3 heterocycles. The topological polar surface area (TPSA) is 33.5 Å². The van der Waals surface area contributed by atoms with Crippen molar-refractivity contribution in [1.29, 1.82) is 0 Å². The van der Waals surface area contributed by atoms with Crippen LogP contribution in [-0.2, 0) is 17.6 Å². The molecule has 4 heteroatoms. The molecule has 1 aliphatic rings. The Labute approximate surface area is 116 Å². The van der Waals surface area contributed by atoms with Crippen LogP contribution in [0, 0.1) is 0 Å². The van der Waals surface area contributed by atoms with E-state index in [0.29, 0.717) is 12.8 Å². The van der Waals surface area contributed by atoms with Crippen molar-refractivity contribution in [2.75, 3.05) is 6.54 Å². The molecule has 3 rings (SSSR count). The lowest BCUT2D eigenvalue weighted by molar-refractivity contribution is -0.133. The quantitative estimate of drug-likeness (QED) is 0.860. The highest BCUT2D eigenvalue weighted by Gasteiger charge is 2.27. The lowest BCUT2D eigenvalue weighted by Gasteiger charge is -2.33. The summed E-state index contributed by atoms with van der Waals surface area (Å²) in [5.74, 6) is 1.11. The summed E-state index contributed by atoms with van der Waals surface area (Å²) in [5, 5.41) is 2.12. The minimum atomic E-state index is 0.208. The maximum absolute atomic E-state index is 12.3. The third-order valence-electron chi connectivity index (χ3n) is 3.76. The van der Waals surface area contributed by atoms with Crippen LogP contribution in [0.1, 0.15) is 35.6 Å². The first kappa shape index (κ1) is 12.5. The SMILES string of the molecule is CC1c2ccsc2CCN1C(=O)CCc1ccco1. The second-order valence-electron chi connectivity index (χ2n) is 4.89. The summed E-state index contributed by atoms with van der Waals surface area (Å²) in [6, 6.07) is 6.14. The summed E-state index contributed by atoms with van der Waals surface area (Å²) in [4.78, 5) is 15.8. The van der Waals surface area contributed by atoms with Crippen LogP contribution in [0.2, 0.25) is 0 Å². The molecule has 2 aromatic rings. The summed E-state index contributed by atoms with van der Waals surface area (Å²) >= 11 is 1.80. The van der Waals surface area contributed by atoms with Crippen molar-refractivity contribution in [2.45, 2.75) is 32.2 Å². The fraction of sp³-hybridized carbons (Fsp3) is 0.400. The average molecular weight is 275 g/mol. The van der Waals surface area contributed by atoms with E-state index in [4.69, 9.17) is 4.42 Å². The van der Waals surface area contributed by atoms with Gasteiger partial charge < -0.3 is 9.32 Å². The van der Waals surface area contributed by atoms with Crippen LogP contribution in [0.4, 0.5) is 0 Å². The predicted octanol–water partition coefficient (Wildman–Crippen LogP) is 3.42. The largest absolute Gasteiger partial charge is 0.469 e. The molecule has 19 heavy (non-hydrogen) atoms. The molecule has 2 aromatic heterocycles. The maximum atomic E-state index is 12.3. The second kappa shape index (κ2) is 5.21. The number of hydrogen-bond acceptors (Lipinski definition) is 3. The van der Waals surface area contributed by atoms with Crippen LogP contribution in [0.3, 0.4) is 0 Å². The Morgan fingerprint density at radius 2 is 2.42 bits per heavy atom. The molecule has 1 aliphatic heterocycles. The first-order valence-electron chi connectivity index (χ1n) is 6.64. The molecule has 0 N–H and O–H groups in total. The zero-order chi connectivity index (χ0) is 13.2. The number of furan rings is 1. The lowest BCUT2D eigenvalue weighted by atomic mass is 10.0. The molecule has 0 fully saturated rings. The van der Waals surface area contributed by atoms with Crippen molar-refractivity contribution >= 4 is 17.2 Å². The van der Waals surface area contributed by atoms with Gasteiger partial charge >= 0.3 is 0 Å². The van der Waals surface area contributed by atoms with E-state index in [1.807, 2.05) is 17.0 Å². The Hall–Kier alpha value is -1.55. The minimum Gasteiger partial charge on any atom is -0.469 e. The van der Waals surface area contributed by atoms with Crippen molar-refractivity contribution in [3.63, 3.8) is 0 Å². The minimum absolute atomic E-state index is 0.208. The van der Waals surface area contributed by atoms with Gasteiger partial charge in [-0.3, -0.25) is 4.79 Å². The number of thiophene rings is 1. The van der Waals surface area contributed by atoms with E-state index in [0.717, 1.165) is 18.7 Å². The van der Waals surface area contributed by atoms with Gasteiger partial charge in [0.1, 0.15) is 5.76 Å². The monoisotopic (exact) mass is 275 g/mol. The van der Waals surface area contributed by atoms with Crippen molar-refractivity contribution in [1.82, 2.24) is 4.90 Å². The molecule has 0 bridgehead atoms. The fourth-order valence-corrected chi connectivity index (χ4v) is 3.64. The highest BCUT2D eigenvalue weighted by Crippen LogP contribution is 2.33. The fourth-order valence-electron chi connectivity index (χ4n) is 2.68. The summed E-state index contributed by atoms with van der Waals surface area (Å²) in [5.41, 5.74) is 1.32.